The summed E-state index contributed by atoms with van der Waals surface area (Å²) in [7, 11) is 1.57. The Bertz CT molecular complexity index is 1290. The molecule has 34 heavy (non-hydrogen) atoms. The van der Waals surface area contributed by atoms with E-state index >= 15 is 0 Å². The molecule has 0 radical (unpaired) electrons. The number of anilines is 1. The molecule has 9 heteroatoms. The molecule has 6 nitrogen and oxygen atoms in total. The Balaban J connectivity index is 1.44. The SMILES string of the molecule is COc1ccc(C(=O)Nc2cnn(Cc3c(Cl)cccc3Cl)c2)cc1COc1ccc(Cl)cc1. The van der Waals surface area contributed by atoms with E-state index < -0.39 is 0 Å². The Morgan fingerprint density at radius 2 is 1.76 bits per heavy atom. The Kier molecular flexibility index (Phi) is 7.63. The van der Waals surface area contributed by atoms with Gasteiger partial charge in [-0.2, -0.15) is 5.10 Å². The summed E-state index contributed by atoms with van der Waals surface area (Å²) < 4.78 is 12.9. The lowest BCUT2D eigenvalue weighted by molar-refractivity contribution is 0.102. The van der Waals surface area contributed by atoms with E-state index in [1.165, 1.54) is 0 Å². The Morgan fingerprint density at radius 1 is 1.03 bits per heavy atom. The summed E-state index contributed by atoms with van der Waals surface area (Å²) in [4.78, 5) is 12.9. The minimum absolute atomic E-state index is 0.225. The quantitative estimate of drug-likeness (QED) is 0.282. The van der Waals surface area contributed by atoms with Gasteiger partial charge < -0.3 is 14.8 Å². The van der Waals surface area contributed by atoms with Gasteiger partial charge in [-0.15, -0.1) is 0 Å². The zero-order chi connectivity index (χ0) is 24.1. The third-order valence-corrected chi connectivity index (χ3v) is 5.98. The van der Waals surface area contributed by atoms with Gasteiger partial charge in [0.15, 0.2) is 0 Å². The van der Waals surface area contributed by atoms with Crippen LogP contribution in [0.1, 0.15) is 21.5 Å². The molecule has 0 fully saturated rings. The number of nitrogens with one attached hydrogen (secondary N) is 1. The molecule has 0 aliphatic carbocycles. The third-order valence-electron chi connectivity index (χ3n) is 5.02. The second-order valence-corrected chi connectivity index (χ2v) is 8.60. The summed E-state index contributed by atoms with van der Waals surface area (Å²) in [6.07, 6.45) is 3.28. The first-order valence-corrected chi connectivity index (χ1v) is 11.4. The molecular weight excluding hydrogens is 497 g/mol. The van der Waals surface area contributed by atoms with Crippen LogP contribution in [0.15, 0.2) is 73.1 Å². The molecule has 174 valence electrons. The predicted molar refractivity (Wildman–Crippen MR) is 135 cm³/mol. The average Bonchev–Trinajstić information content (AvgIpc) is 3.27. The highest BCUT2D eigenvalue weighted by Gasteiger charge is 2.13. The lowest BCUT2D eigenvalue weighted by Crippen LogP contribution is -2.12. The van der Waals surface area contributed by atoms with Crippen molar-refractivity contribution < 1.29 is 14.3 Å². The van der Waals surface area contributed by atoms with Crippen LogP contribution >= 0.6 is 34.8 Å². The molecule has 1 aromatic heterocycles. The van der Waals surface area contributed by atoms with E-state index in [0.29, 0.717) is 44.4 Å². The fourth-order valence-corrected chi connectivity index (χ4v) is 3.93. The predicted octanol–water partition coefficient (Wildman–Crippen LogP) is 6.73. The standard InChI is InChI=1S/C25H20Cl3N3O3/c1-33-24-10-5-16(11-17(24)15-34-20-8-6-18(26)7-9-20)25(32)30-19-12-29-31(13-19)14-21-22(27)3-2-4-23(21)28/h2-13H,14-15H2,1H3,(H,30,32). The van der Waals surface area contributed by atoms with Crippen LogP contribution in [0.3, 0.4) is 0 Å². The van der Waals surface area contributed by atoms with Crippen molar-refractivity contribution in [3.05, 3.63) is 105 Å². The number of benzene rings is 3. The average molecular weight is 517 g/mol. The van der Waals surface area contributed by atoms with Crippen LogP contribution in [0.4, 0.5) is 5.69 Å². The lowest BCUT2D eigenvalue weighted by atomic mass is 10.1. The fourth-order valence-electron chi connectivity index (χ4n) is 3.29. The molecule has 1 N–H and O–H groups in total. The maximum absolute atomic E-state index is 12.9. The number of halogens is 3. The molecule has 0 aliphatic heterocycles. The minimum atomic E-state index is -0.286. The van der Waals surface area contributed by atoms with Gasteiger partial charge in [0, 0.05) is 38.0 Å². The molecule has 0 unspecified atom stereocenters. The van der Waals surface area contributed by atoms with Gasteiger partial charge in [0.05, 0.1) is 25.5 Å². The number of nitrogens with zero attached hydrogens (tertiary/aromatic N) is 2. The highest BCUT2D eigenvalue weighted by atomic mass is 35.5. The number of rotatable bonds is 8. The zero-order valence-corrected chi connectivity index (χ0v) is 20.4. The smallest absolute Gasteiger partial charge is 0.255 e. The minimum Gasteiger partial charge on any atom is -0.496 e. The molecule has 0 saturated carbocycles. The summed E-state index contributed by atoms with van der Waals surface area (Å²) >= 11 is 18.4. The monoisotopic (exact) mass is 515 g/mol. The van der Waals surface area contributed by atoms with Gasteiger partial charge in [-0.3, -0.25) is 9.48 Å². The Hall–Kier alpha value is -3.19. The van der Waals surface area contributed by atoms with E-state index in [1.807, 2.05) is 0 Å². The summed E-state index contributed by atoms with van der Waals surface area (Å²) in [5.74, 6) is 0.994. The van der Waals surface area contributed by atoms with Gasteiger partial charge in [0.1, 0.15) is 18.1 Å². The lowest BCUT2D eigenvalue weighted by Gasteiger charge is -2.12. The number of aromatic nitrogens is 2. The van der Waals surface area contributed by atoms with Crippen molar-refractivity contribution in [3.8, 4) is 11.5 Å². The molecule has 0 aliphatic rings. The summed E-state index contributed by atoms with van der Waals surface area (Å²) in [5.41, 5.74) is 2.49. The second-order valence-electron chi connectivity index (χ2n) is 7.35. The number of carbonyl (C=O) groups excluding carboxylic acids is 1. The molecule has 0 saturated heterocycles. The van der Waals surface area contributed by atoms with Crippen molar-refractivity contribution >= 4 is 46.4 Å². The number of hydrogen-bond donors (Lipinski definition) is 1. The first-order valence-electron chi connectivity index (χ1n) is 10.2. The van der Waals surface area contributed by atoms with E-state index in [0.717, 1.165) is 11.1 Å². The van der Waals surface area contributed by atoms with Gasteiger partial charge in [0.2, 0.25) is 0 Å². The number of amides is 1. The van der Waals surface area contributed by atoms with E-state index in [1.54, 1.807) is 84.8 Å². The van der Waals surface area contributed by atoms with E-state index in [9.17, 15) is 4.79 Å². The highest BCUT2D eigenvalue weighted by Crippen LogP contribution is 2.26. The van der Waals surface area contributed by atoms with Gasteiger partial charge in [0.25, 0.3) is 5.91 Å². The first kappa shape index (κ1) is 24.0. The van der Waals surface area contributed by atoms with Crippen molar-refractivity contribution in [2.45, 2.75) is 13.2 Å². The molecular formula is C25H20Cl3N3O3. The third kappa shape index (κ3) is 5.83. The molecule has 0 spiro atoms. The molecule has 0 atom stereocenters. The highest BCUT2D eigenvalue weighted by molar-refractivity contribution is 6.36. The topological polar surface area (TPSA) is 65.4 Å². The summed E-state index contributed by atoms with van der Waals surface area (Å²) in [6, 6.07) is 17.5. The molecule has 1 heterocycles. The van der Waals surface area contributed by atoms with Crippen molar-refractivity contribution in [3.63, 3.8) is 0 Å². The van der Waals surface area contributed by atoms with Crippen LogP contribution in [0, 0.1) is 0 Å². The van der Waals surface area contributed by atoms with Crippen LogP contribution in [-0.4, -0.2) is 22.8 Å². The maximum atomic E-state index is 12.9. The molecule has 0 bridgehead atoms. The van der Waals surface area contributed by atoms with Crippen LogP contribution in [0.25, 0.3) is 0 Å². The zero-order valence-electron chi connectivity index (χ0n) is 18.1. The van der Waals surface area contributed by atoms with Gasteiger partial charge in [-0.05, 0) is 54.6 Å². The van der Waals surface area contributed by atoms with E-state index in [4.69, 9.17) is 44.3 Å². The van der Waals surface area contributed by atoms with Crippen molar-refractivity contribution in [2.24, 2.45) is 0 Å². The van der Waals surface area contributed by atoms with Crippen LogP contribution in [0.2, 0.25) is 15.1 Å². The fraction of sp³-hybridized carbons (Fsp3) is 0.120. The number of hydrogen-bond acceptors (Lipinski definition) is 4. The van der Waals surface area contributed by atoms with Crippen LogP contribution in [-0.2, 0) is 13.2 Å². The molecule has 3 aromatic carbocycles. The van der Waals surface area contributed by atoms with Crippen molar-refractivity contribution in [1.29, 1.82) is 0 Å². The molecule has 1 amide bonds. The Labute approximate surface area is 212 Å². The molecule has 4 rings (SSSR count). The summed E-state index contributed by atoms with van der Waals surface area (Å²) in [5, 5.41) is 8.88. The van der Waals surface area contributed by atoms with Crippen LogP contribution in [0.5, 0.6) is 11.5 Å². The van der Waals surface area contributed by atoms with Gasteiger partial charge in [-0.25, -0.2) is 0 Å². The maximum Gasteiger partial charge on any atom is 0.255 e. The number of methoxy groups -OCH3 is 1. The first-order chi connectivity index (χ1) is 16.4. The summed E-state index contributed by atoms with van der Waals surface area (Å²) in [6.45, 7) is 0.603. The normalized spacial score (nSPS) is 10.7. The largest absolute Gasteiger partial charge is 0.496 e. The number of carbonyl (C=O) groups is 1. The second kappa shape index (κ2) is 10.8. The van der Waals surface area contributed by atoms with Crippen LogP contribution < -0.4 is 14.8 Å². The molecule has 4 aromatic rings. The number of ether oxygens (including phenoxy) is 2. The van der Waals surface area contributed by atoms with E-state index in [2.05, 4.69) is 10.4 Å². The van der Waals surface area contributed by atoms with E-state index in [-0.39, 0.29) is 12.5 Å². The Morgan fingerprint density at radius 3 is 2.47 bits per heavy atom. The van der Waals surface area contributed by atoms with Gasteiger partial charge >= 0.3 is 0 Å². The van der Waals surface area contributed by atoms with Crippen molar-refractivity contribution in [2.75, 3.05) is 12.4 Å². The van der Waals surface area contributed by atoms with Crippen molar-refractivity contribution in [1.82, 2.24) is 9.78 Å². The van der Waals surface area contributed by atoms with Gasteiger partial charge in [-0.1, -0.05) is 40.9 Å².